The maximum Gasteiger partial charge on any atom is 0.276 e. The number of anilines is 1. The molecule has 1 heterocycles. The molecular formula is C11H13N3O2S. The van der Waals surface area contributed by atoms with E-state index in [0.717, 1.165) is 17.2 Å². The molecule has 0 fully saturated rings. The minimum Gasteiger partial charge on any atom is -0.493 e. The summed E-state index contributed by atoms with van der Waals surface area (Å²) in [6.07, 6.45) is 0. The lowest BCUT2D eigenvalue weighted by Gasteiger charge is -2.04. The van der Waals surface area contributed by atoms with Gasteiger partial charge in [0.25, 0.3) is 5.22 Å². The maximum atomic E-state index is 5.57. The van der Waals surface area contributed by atoms with Crippen LogP contribution in [0.1, 0.15) is 5.89 Å². The maximum absolute atomic E-state index is 5.57. The van der Waals surface area contributed by atoms with Crippen LogP contribution in [0.4, 0.5) is 5.69 Å². The molecule has 0 saturated heterocycles. The zero-order valence-electron chi connectivity index (χ0n) is 9.42. The van der Waals surface area contributed by atoms with E-state index in [1.807, 2.05) is 24.3 Å². The number of aromatic nitrogens is 2. The second-order valence-corrected chi connectivity index (χ2v) is 4.40. The van der Waals surface area contributed by atoms with Crippen LogP contribution >= 0.6 is 11.8 Å². The molecule has 17 heavy (non-hydrogen) atoms. The molecule has 0 unspecified atom stereocenters. The highest BCUT2D eigenvalue weighted by Gasteiger charge is 2.02. The first kappa shape index (κ1) is 11.8. The zero-order chi connectivity index (χ0) is 12.1. The second kappa shape index (κ2) is 5.58. The Bertz CT molecular complexity index is 470. The van der Waals surface area contributed by atoms with Crippen LogP contribution in [0.15, 0.2) is 33.9 Å². The highest BCUT2D eigenvalue weighted by molar-refractivity contribution is 7.99. The smallest absolute Gasteiger partial charge is 0.276 e. The third kappa shape index (κ3) is 3.67. The molecule has 0 saturated carbocycles. The molecule has 5 nitrogen and oxygen atoms in total. The third-order valence-corrected chi connectivity index (χ3v) is 2.75. The van der Waals surface area contributed by atoms with Crippen molar-refractivity contribution in [2.45, 2.75) is 12.1 Å². The molecule has 0 aliphatic rings. The fourth-order valence-electron chi connectivity index (χ4n) is 1.19. The highest BCUT2D eigenvalue weighted by Crippen LogP contribution is 2.17. The molecule has 0 aliphatic carbocycles. The number of nitrogen functional groups attached to an aromatic ring is 1. The number of nitrogens with two attached hydrogens (primary N) is 1. The molecule has 0 radical (unpaired) electrons. The van der Waals surface area contributed by atoms with E-state index in [9.17, 15) is 0 Å². The van der Waals surface area contributed by atoms with E-state index < -0.39 is 0 Å². The Morgan fingerprint density at radius 2 is 2.06 bits per heavy atom. The van der Waals surface area contributed by atoms with Crippen LogP contribution in [-0.4, -0.2) is 22.6 Å². The van der Waals surface area contributed by atoms with Crippen molar-refractivity contribution in [3.8, 4) is 5.75 Å². The average Bonchev–Trinajstić information content (AvgIpc) is 2.73. The van der Waals surface area contributed by atoms with Crippen LogP contribution in [0, 0.1) is 6.92 Å². The van der Waals surface area contributed by atoms with E-state index in [2.05, 4.69) is 10.2 Å². The summed E-state index contributed by atoms with van der Waals surface area (Å²) in [6, 6.07) is 7.31. The van der Waals surface area contributed by atoms with Crippen molar-refractivity contribution in [2.24, 2.45) is 0 Å². The molecule has 1 aromatic heterocycles. The minimum absolute atomic E-state index is 0.573. The van der Waals surface area contributed by atoms with Crippen LogP contribution in [0.5, 0.6) is 5.75 Å². The van der Waals surface area contributed by atoms with Crippen molar-refractivity contribution in [2.75, 3.05) is 18.1 Å². The average molecular weight is 251 g/mol. The Morgan fingerprint density at radius 1 is 1.29 bits per heavy atom. The first-order valence-corrected chi connectivity index (χ1v) is 6.14. The SMILES string of the molecule is Cc1nnc(SCCOc2ccc(N)cc2)o1. The van der Waals surface area contributed by atoms with E-state index in [-0.39, 0.29) is 0 Å². The van der Waals surface area contributed by atoms with E-state index in [0.29, 0.717) is 17.7 Å². The van der Waals surface area contributed by atoms with Gasteiger partial charge < -0.3 is 14.9 Å². The first-order chi connectivity index (χ1) is 8.24. The lowest BCUT2D eigenvalue weighted by Crippen LogP contribution is -2.00. The number of thioether (sulfide) groups is 1. The Kier molecular flexibility index (Phi) is 3.87. The summed E-state index contributed by atoms with van der Waals surface area (Å²) in [5.74, 6) is 2.14. The monoisotopic (exact) mass is 251 g/mol. The third-order valence-electron chi connectivity index (χ3n) is 1.97. The van der Waals surface area contributed by atoms with Crippen LogP contribution in [0.25, 0.3) is 0 Å². The van der Waals surface area contributed by atoms with Gasteiger partial charge in [0, 0.05) is 18.4 Å². The number of rotatable bonds is 5. The van der Waals surface area contributed by atoms with Crippen molar-refractivity contribution in [1.29, 1.82) is 0 Å². The molecule has 1 aromatic carbocycles. The number of hydrogen-bond acceptors (Lipinski definition) is 6. The number of benzene rings is 1. The standard InChI is InChI=1S/C11H13N3O2S/c1-8-13-14-11(16-8)17-7-6-15-10-4-2-9(12)3-5-10/h2-5H,6-7,12H2,1H3. The predicted octanol–water partition coefficient (Wildman–Crippen LogP) is 2.13. The Morgan fingerprint density at radius 3 is 2.71 bits per heavy atom. The number of aryl methyl sites for hydroxylation is 1. The lowest BCUT2D eigenvalue weighted by molar-refractivity contribution is 0.343. The van der Waals surface area contributed by atoms with E-state index in [4.69, 9.17) is 14.9 Å². The summed E-state index contributed by atoms with van der Waals surface area (Å²) in [4.78, 5) is 0. The molecule has 0 bridgehead atoms. The van der Waals surface area contributed by atoms with E-state index >= 15 is 0 Å². The molecule has 2 aromatic rings. The summed E-state index contributed by atoms with van der Waals surface area (Å²) in [5, 5.41) is 8.19. The van der Waals surface area contributed by atoms with Crippen LogP contribution < -0.4 is 10.5 Å². The number of ether oxygens (including phenoxy) is 1. The van der Waals surface area contributed by atoms with Crippen molar-refractivity contribution in [3.05, 3.63) is 30.2 Å². The van der Waals surface area contributed by atoms with E-state index in [1.165, 1.54) is 11.8 Å². The molecule has 0 aliphatic heterocycles. The lowest BCUT2D eigenvalue weighted by atomic mass is 10.3. The van der Waals surface area contributed by atoms with Crippen molar-refractivity contribution in [3.63, 3.8) is 0 Å². The zero-order valence-corrected chi connectivity index (χ0v) is 10.2. The normalized spacial score (nSPS) is 10.4. The summed E-state index contributed by atoms with van der Waals surface area (Å²) in [7, 11) is 0. The Labute approximate surface area is 103 Å². The second-order valence-electron chi connectivity index (χ2n) is 3.35. The van der Waals surface area contributed by atoms with Crippen molar-refractivity contribution in [1.82, 2.24) is 10.2 Å². The van der Waals surface area contributed by atoms with Crippen LogP contribution in [0.3, 0.4) is 0 Å². The van der Waals surface area contributed by atoms with Gasteiger partial charge in [-0.15, -0.1) is 10.2 Å². The summed E-state index contributed by atoms with van der Waals surface area (Å²) < 4.78 is 10.7. The van der Waals surface area contributed by atoms with Gasteiger partial charge in [0.1, 0.15) is 5.75 Å². The summed E-state index contributed by atoms with van der Waals surface area (Å²) in [6.45, 7) is 2.35. The van der Waals surface area contributed by atoms with Crippen molar-refractivity contribution >= 4 is 17.4 Å². The number of nitrogens with zero attached hydrogens (tertiary/aromatic N) is 2. The van der Waals surface area contributed by atoms with Crippen LogP contribution in [0.2, 0.25) is 0 Å². The topological polar surface area (TPSA) is 74.2 Å². The van der Waals surface area contributed by atoms with Gasteiger partial charge in [-0.05, 0) is 24.3 Å². The largest absolute Gasteiger partial charge is 0.493 e. The van der Waals surface area contributed by atoms with Gasteiger partial charge in [-0.3, -0.25) is 0 Å². The molecule has 0 amide bonds. The van der Waals surface area contributed by atoms with E-state index in [1.54, 1.807) is 6.92 Å². The minimum atomic E-state index is 0.573. The molecule has 0 spiro atoms. The molecule has 2 N–H and O–H groups in total. The summed E-state index contributed by atoms with van der Waals surface area (Å²) in [5.41, 5.74) is 6.30. The van der Waals surface area contributed by atoms with Gasteiger partial charge in [0.2, 0.25) is 5.89 Å². The molecule has 0 atom stereocenters. The fraction of sp³-hybridized carbons (Fsp3) is 0.273. The van der Waals surface area contributed by atoms with Gasteiger partial charge in [0.05, 0.1) is 6.61 Å². The number of hydrogen-bond donors (Lipinski definition) is 1. The van der Waals surface area contributed by atoms with Gasteiger partial charge >= 0.3 is 0 Å². The molecule has 90 valence electrons. The van der Waals surface area contributed by atoms with Crippen molar-refractivity contribution < 1.29 is 9.15 Å². The Balaban J connectivity index is 1.71. The molecule has 6 heteroatoms. The molecule has 2 rings (SSSR count). The summed E-state index contributed by atoms with van der Waals surface area (Å²) >= 11 is 1.47. The van der Waals surface area contributed by atoms with Gasteiger partial charge in [-0.2, -0.15) is 0 Å². The Hall–Kier alpha value is -1.69. The fourth-order valence-corrected chi connectivity index (χ4v) is 1.81. The predicted molar refractivity (Wildman–Crippen MR) is 66.1 cm³/mol. The quantitative estimate of drug-likeness (QED) is 0.498. The van der Waals surface area contributed by atoms with Gasteiger partial charge in [0.15, 0.2) is 0 Å². The highest BCUT2D eigenvalue weighted by atomic mass is 32.2. The first-order valence-electron chi connectivity index (χ1n) is 5.15. The van der Waals surface area contributed by atoms with Gasteiger partial charge in [-0.25, -0.2) is 0 Å². The molecular weight excluding hydrogens is 238 g/mol. The van der Waals surface area contributed by atoms with Gasteiger partial charge in [-0.1, -0.05) is 11.8 Å². The van der Waals surface area contributed by atoms with Crippen LogP contribution in [-0.2, 0) is 0 Å².